The van der Waals surface area contributed by atoms with Crippen LogP contribution in [0.4, 0.5) is 0 Å². The summed E-state index contributed by atoms with van der Waals surface area (Å²) in [6.07, 6.45) is 1.98. The summed E-state index contributed by atoms with van der Waals surface area (Å²) in [4.78, 5) is 8.91. The highest BCUT2D eigenvalue weighted by Gasteiger charge is 2.13. The molecule has 0 fully saturated rings. The molecule has 0 radical (unpaired) electrons. The number of nitrogens with one attached hydrogen (secondary N) is 2. The molecule has 136 valence electrons. The molecule has 9 heteroatoms. The van der Waals surface area contributed by atoms with E-state index in [1.54, 1.807) is 35.0 Å². The zero-order valence-electron chi connectivity index (χ0n) is 14.5. The molecule has 0 unspecified atom stereocenters. The van der Waals surface area contributed by atoms with E-state index >= 15 is 0 Å². The van der Waals surface area contributed by atoms with Gasteiger partial charge in [0.05, 0.1) is 10.6 Å². The van der Waals surface area contributed by atoms with Crippen LogP contribution in [0.2, 0.25) is 0 Å². The van der Waals surface area contributed by atoms with Gasteiger partial charge in [-0.3, -0.25) is 4.68 Å². The van der Waals surface area contributed by atoms with Crippen LogP contribution in [0.5, 0.6) is 0 Å². The third-order valence-corrected chi connectivity index (χ3v) is 5.33. The molecule has 0 aliphatic rings. The molecule has 1 aromatic carbocycles. The van der Waals surface area contributed by atoms with Gasteiger partial charge in [-0.1, -0.05) is 18.2 Å². The second-order valence-electron chi connectivity index (χ2n) is 5.41. The van der Waals surface area contributed by atoms with Crippen LogP contribution in [0.3, 0.4) is 0 Å². The van der Waals surface area contributed by atoms with Gasteiger partial charge in [0.25, 0.3) is 0 Å². The third kappa shape index (κ3) is 5.86. The van der Waals surface area contributed by atoms with Gasteiger partial charge in [0.1, 0.15) is 18.7 Å². The molecular formula is C16H24N6O2S. The Morgan fingerprint density at radius 3 is 2.64 bits per heavy atom. The van der Waals surface area contributed by atoms with Gasteiger partial charge in [-0.2, -0.15) is 5.10 Å². The molecule has 0 saturated heterocycles. The van der Waals surface area contributed by atoms with Crippen molar-refractivity contribution >= 4 is 15.8 Å². The lowest BCUT2D eigenvalue weighted by Gasteiger charge is -2.11. The largest absolute Gasteiger partial charge is 0.357 e. The summed E-state index contributed by atoms with van der Waals surface area (Å²) < 4.78 is 26.1. The number of sulfone groups is 1. The molecule has 1 heterocycles. The van der Waals surface area contributed by atoms with Gasteiger partial charge in [0.2, 0.25) is 0 Å². The van der Waals surface area contributed by atoms with Crippen molar-refractivity contribution < 1.29 is 8.42 Å². The van der Waals surface area contributed by atoms with E-state index in [4.69, 9.17) is 0 Å². The van der Waals surface area contributed by atoms with Crippen LogP contribution < -0.4 is 10.6 Å². The van der Waals surface area contributed by atoms with Crippen molar-refractivity contribution in [2.45, 2.75) is 24.8 Å². The number of aryl methyl sites for hydroxylation is 1. The molecule has 2 rings (SSSR count). The Morgan fingerprint density at radius 2 is 2.00 bits per heavy atom. The monoisotopic (exact) mass is 364 g/mol. The van der Waals surface area contributed by atoms with Gasteiger partial charge in [0, 0.05) is 20.1 Å². The fraction of sp³-hybridized carbons (Fsp3) is 0.438. The summed E-state index contributed by atoms with van der Waals surface area (Å²) in [6.45, 7) is 3.59. The number of rotatable bonds is 8. The second kappa shape index (κ2) is 9.16. The molecule has 0 bridgehead atoms. The SMILES string of the molecule is CCNC(=NCc1ncnn1C)NCCCS(=O)(=O)c1ccccc1. The maximum Gasteiger partial charge on any atom is 0.191 e. The van der Waals surface area contributed by atoms with Crippen LogP contribution in [0.15, 0.2) is 46.5 Å². The van der Waals surface area contributed by atoms with E-state index in [-0.39, 0.29) is 5.75 Å². The molecule has 8 nitrogen and oxygen atoms in total. The summed E-state index contributed by atoms with van der Waals surface area (Å²) in [6, 6.07) is 8.50. The van der Waals surface area contributed by atoms with E-state index in [0.717, 1.165) is 5.82 Å². The number of aromatic nitrogens is 3. The number of benzene rings is 1. The zero-order valence-corrected chi connectivity index (χ0v) is 15.3. The van der Waals surface area contributed by atoms with E-state index in [1.165, 1.54) is 6.33 Å². The summed E-state index contributed by atoms with van der Waals surface area (Å²) in [5, 5.41) is 10.3. The summed E-state index contributed by atoms with van der Waals surface area (Å²) in [7, 11) is -1.43. The van der Waals surface area contributed by atoms with Crippen LogP contribution in [0.25, 0.3) is 0 Å². The standard InChI is InChI=1S/C16H24N6O2S/c1-3-17-16(19-12-15-20-13-21-22(15)2)18-10-7-11-25(23,24)14-8-5-4-6-9-14/h4-6,8-9,13H,3,7,10-12H2,1-2H3,(H2,17,18,19). The van der Waals surface area contributed by atoms with Crippen LogP contribution in [0, 0.1) is 0 Å². The molecule has 1 aromatic heterocycles. The van der Waals surface area contributed by atoms with E-state index < -0.39 is 9.84 Å². The Morgan fingerprint density at radius 1 is 1.24 bits per heavy atom. The zero-order chi connectivity index (χ0) is 18.1. The maximum atomic E-state index is 12.2. The lowest BCUT2D eigenvalue weighted by Crippen LogP contribution is -2.38. The first kappa shape index (κ1) is 18.9. The lowest BCUT2D eigenvalue weighted by atomic mass is 10.4. The van der Waals surface area contributed by atoms with Crippen molar-refractivity contribution in [3.8, 4) is 0 Å². The Balaban J connectivity index is 1.84. The number of nitrogens with zero attached hydrogens (tertiary/aromatic N) is 4. The highest BCUT2D eigenvalue weighted by atomic mass is 32.2. The topological polar surface area (TPSA) is 101 Å². The molecule has 2 N–H and O–H groups in total. The first-order chi connectivity index (χ1) is 12.0. The van der Waals surface area contributed by atoms with Gasteiger partial charge in [-0.15, -0.1) is 0 Å². The van der Waals surface area contributed by atoms with Crippen LogP contribution >= 0.6 is 0 Å². The molecule has 0 aliphatic carbocycles. The van der Waals surface area contributed by atoms with E-state index in [9.17, 15) is 8.42 Å². The molecule has 2 aromatic rings. The first-order valence-electron chi connectivity index (χ1n) is 8.16. The molecule has 0 saturated carbocycles. The fourth-order valence-corrected chi connectivity index (χ4v) is 3.50. The van der Waals surface area contributed by atoms with Crippen molar-refractivity contribution in [2.24, 2.45) is 12.0 Å². The molecule has 25 heavy (non-hydrogen) atoms. The Hall–Kier alpha value is -2.42. The van der Waals surface area contributed by atoms with E-state index in [2.05, 4.69) is 25.7 Å². The molecular weight excluding hydrogens is 340 g/mol. The first-order valence-corrected chi connectivity index (χ1v) is 9.81. The minimum absolute atomic E-state index is 0.0900. The lowest BCUT2D eigenvalue weighted by molar-refractivity contribution is 0.592. The van der Waals surface area contributed by atoms with Gasteiger partial charge < -0.3 is 10.6 Å². The van der Waals surface area contributed by atoms with E-state index in [1.807, 2.05) is 14.0 Å². The average Bonchev–Trinajstić information content (AvgIpc) is 3.02. The third-order valence-electron chi connectivity index (χ3n) is 3.51. The van der Waals surface area contributed by atoms with Gasteiger partial charge in [-0.05, 0) is 25.5 Å². The van der Waals surface area contributed by atoms with E-state index in [0.29, 0.717) is 36.9 Å². The molecule has 0 aliphatic heterocycles. The van der Waals surface area contributed by atoms with Crippen molar-refractivity contribution in [1.29, 1.82) is 0 Å². The average molecular weight is 364 g/mol. The minimum atomic E-state index is -3.25. The van der Waals surface area contributed by atoms with Gasteiger partial charge >= 0.3 is 0 Å². The van der Waals surface area contributed by atoms with Crippen LogP contribution in [-0.4, -0.2) is 48.0 Å². The maximum absolute atomic E-state index is 12.2. The Bertz CT molecular complexity index is 786. The van der Waals surface area contributed by atoms with Crippen LogP contribution in [0.1, 0.15) is 19.2 Å². The number of hydrogen-bond acceptors (Lipinski definition) is 5. The Labute approximate surface area is 148 Å². The number of hydrogen-bond donors (Lipinski definition) is 2. The predicted octanol–water partition coefficient (Wildman–Crippen LogP) is 0.734. The highest BCUT2D eigenvalue weighted by Crippen LogP contribution is 2.10. The minimum Gasteiger partial charge on any atom is -0.357 e. The van der Waals surface area contributed by atoms with Crippen LogP contribution in [-0.2, 0) is 23.4 Å². The predicted molar refractivity (Wildman–Crippen MR) is 96.9 cm³/mol. The molecule has 0 amide bonds. The number of guanidine groups is 1. The van der Waals surface area contributed by atoms with Crippen molar-refractivity contribution in [1.82, 2.24) is 25.4 Å². The highest BCUT2D eigenvalue weighted by molar-refractivity contribution is 7.91. The van der Waals surface area contributed by atoms with Gasteiger partial charge in [-0.25, -0.2) is 18.4 Å². The van der Waals surface area contributed by atoms with Crippen molar-refractivity contribution in [3.05, 3.63) is 42.5 Å². The number of aliphatic imine (C=N–C) groups is 1. The summed E-state index contributed by atoms with van der Waals surface area (Å²) in [5.74, 6) is 1.47. The normalized spacial score (nSPS) is 12.2. The smallest absolute Gasteiger partial charge is 0.191 e. The quantitative estimate of drug-likeness (QED) is 0.407. The second-order valence-corrected chi connectivity index (χ2v) is 7.52. The van der Waals surface area contributed by atoms with Crippen molar-refractivity contribution in [3.63, 3.8) is 0 Å². The summed E-state index contributed by atoms with van der Waals surface area (Å²) >= 11 is 0. The summed E-state index contributed by atoms with van der Waals surface area (Å²) in [5.41, 5.74) is 0. The Kier molecular flexibility index (Phi) is 6.93. The molecule has 0 atom stereocenters. The molecule has 0 spiro atoms. The van der Waals surface area contributed by atoms with Crippen molar-refractivity contribution in [2.75, 3.05) is 18.8 Å². The van der Waals surface area contributed by atoms with Gasteiger partial charge in [0.15, 0.2) is 15.8 Å². The fourth-order valence-electron chi connectivity index (χ4n) is 2.17.